The highest BCUT2D eigenvalue weighted by Gasteiger charge is 2.38. The number of piperidine rings is 1. The van der Waals surface area contributed by atoms with E-state index in [1.807, 2.05) is 31.2 Å². The summed E-state index contributed by atoms with van der Waals surface area (Å²) in [6.45, 7) is 2.49. The number of hydrogen-bond acceptors (Lipinski definition) is 3. The number of carbonyl (C=O) groups is 2. The number of carboxylic acids is 1. The van der Waals surface area contributed by atoms with Crippen molar-refractivity contribution < 1.29 is 19.4 Å². The van der Waals surface area contributed by atoms with Crippen molar-refractivity contribution in [3.63, 3.8) is 0 Å². The highest BCUT2D eigenvalue weighted by atomic mass is 16.5. The van der Waals surface area contributed by atoms with Crippen molar-refractivity contribution in [3.8, 4) is 5.75 Å². The van der Waals surface area contributed by atoms with Crippen LogP contribution in [0, 0.1) is 5.92 Å². The van der Waals surface area contributed by atoms with E-state index >= 15 is 0 Å². The molecule has 1 aromatic rings. The van der Waals surface area contributed by atoms with Crippen molar-refractivity contribution in [2.75, 3.05) is 13.7 Å². The number of amides is 1. The Hall–Kier alpha value is -2.04. The van der Waals surface area contributed by atoms with Gasteiger partial charge in [0.1, 0.15) is 5.75 Å². The van der Waals surface area contributed by atoms with Crippen LogP contribution in [0.2, 0.25) is 0 Å². The van der Waals surface area contributed by atoms with E-state index in [-0.39, 0.29) is 5.91 Å². The highest BCUT2D eigenvalue weighted by molar-refractivity contribution is 5.81. The second-order valence-corrected chi connectivity index (χ2v) is 4.93. The molecule has 0 aliphatic carbocycles. The molecule has 0 radical (unpaired) electrons. The first-order valence-electron chi connectivity index (χ1n) is 6.75. The molecule has 1 aromatic carbocycles. The van der Waals surface area contributed by atoms with Crippen molar-refractivity contribution in [3.05, 3.63) is 29.8 Å². The number of likely N-dealkylation sites (tertiary alicyclic amines) is 1. The normalized spacial score (nSPS) is 22.7. The fourth-order valence-corrected chi connectivity index (χ4v) is 2.68. The summed E-state index contributed by atoms with van der Waals surface area (Å²) in [7, 11) is 1.67. The first-order valence-corrected chi connectivity index (χ1v) is 6.75. The fourth-order valence-electron chi connectivity index (χ4n) is 2.68. The van der Waals surface area contributed by atoms with E-state index in [0.29, 0.717) is 19.4 Å². The van der Waals surface area contributed by atoms with Crippen molar-refractivity contribution in [1.82, 2.24) is 4.90 Å². The highest BCUT2D eigenvalue weighted by Crippen LogP contribution is 2.36. The molecule has 1 amide bonds. The van der Waals surface area contributed by atoms with Crippen LogP contribution in [0.3, 0.4) is 0 Å². The maximum absolute atomic E-state index is 11.8. The number of hydrogen-bond donors (Lipinski definition) is 1. The molecule has 108 valence electrons. The van der Waals surface area contributed by atoms with Gasteiger partial charge in [0.2, 0.25) is 5.91 Å². The zero-order valence-corrected chi connectivity index (χ0v) is 11.7. The summed E-state index contributed by atoms with van der Waals surface area (Å²) in [6.07, 6.45) is 0.678. The third kappa shape index (κ3) is 2.76. The number of ether oxygens (including phenoxy) is 1. The summed E-state index contributed by atoms with van der Waals surface area (Å²) in [5.74, 6) is -0.687. The second-order valence-electron chi connectivity index (χ2n) is 4.93. The third-order valence-corrected chi connectivity index (χ3v) is 3.71. The number of nitrogens with zero attached hydrogens (tertiary/aromatic N) is 1. The van der Waals surface area contributed by atoms with Crippen LogP contribution in [0.15, 0.2) is 24.3 Å². The van der Waals surface area contributed by atoms with Crippen LogP contribution in [-0.4, -0.2) is 35.5 Å². The summed E-state index contributed by atoms with van der Waals surface area (Å²) in [4.78, 5) is 24.8. The Kier molecular flexibility index (Phi) is 4.27. The molecule has 0 spiro atoms. The Morgan fingerprint density at radius 2 is 2.05 bits per heavy atom. The van der Waals surface area contributed by atoms with Gasteiger partial charge in [-0.1, -0.05) is 12.1 Å². The summed E-state index contributed by atoms with van der Waals surface area (Å²) < 4.78 is 5.37. The zero-order chi connectivity index (χ0) is 14.7. The number of carbonyl (C=O) groups excluding carboxylic acids is 1. The quantitative estimate of drug-likeness (QED) is 0.915. The lowest BCUT2D eigenvalue weighted by molar-refractivity contribution is -0.150. The molecule has 2 rings (SSSR count). The van der Waals surface area contributed by atoms with Crippen LogP contribution in [0.5, 0.6) is 5.75 Å². The molecule has 1 aliphatic rings. The van der Waals surface area contributed by atoms with Gasteiger partial charge in [-0.15, -0.1) is 0 Å². The smallest absolute Gasteiger partial charge is 0.308 e. The predicted molar refractivity (Wildman–Crippen MR) is 73.5 cm³/mol. The van der Waals surface area contributed by atoms with Gasteiger partial charge in [-0.25, -0.2) is 0 Å². The largest absolute Gasteiger partial charge is 0.494 e. The van der Waals surface area contributed by atoms with Gasteiger partial charge in [-0.05, 0) is 31.0 Å². The molecule has 5 nitrogen and oxygen atoms in total. The number of benzene rings is 1. The molecular weight excluding hydrogens is 258 g/mol. The van der Waals surface area contributed by atoms with Crippen molar-refractivity contribution >= 4 is 11.9 Å². The van der Waals surface area contributed by atoms with Gasteiger partial charge < -0.3 is 14.7 Å². The monoisotopic (exact) mass is 277 g/mol. The number of rotatable bonds is 4. The predicted octanol–water partition coefficient (Wildman–Crippen LogP) is 2.08. The lowest BCUT2D eigenvalue weighted by Gasteiger charge is -2.37. The first-order chi connectivity index (χ1) is 9.54. The van der Waals surface area contributed by atoms with Crippen LogP contribution in [-0.2, 0) is 9.59 Å². The molecule has 1 fully saturated rings. The first kappa shape index (κ1) is 14.4. The van der Waals surface area contributed by atoms with Crippen molar-refractivity contribution in [1.29, 1.82) is 0 Å². The molecule has 2 atom stereocenters. The van der Waals surface area contributed by atoms with Gasteiger partial charge in [0.25, 0.3) is 0 Å². The van der Waals surface area contributed by atoms with E-state index < -0.39 is 17.9 Å². The Labute approximate surface area is 118 Å². The van der Waals surface area contributed by atoms with E-state index in [0.717, 1.165) is 11.3 Å². The molecule has 20 heavy (non-hydrogen) atoms. The summed E-state index contributed by atoms with van der Waals surface area (Å²) in [5.41, 5.74) is 0.830. The Morgan fingerprint density at radius 1 is 1.40 bits per heavy atom. The summed E-state index contributed by atoms with van der Waals surface area (Å²) in [5, 5.41) is 9.35. The molecule has 0 aromatic heterocycles. The summed E-state index contributed by atoms with van der Waals surface area (Å²) >= 11 is 0. The molecule has 0 bridgehead atoms. The lowest BCUT2D eigenvalue weighted by Crippen LogP contribution is -2.42. The van der Waals surface area contributed by atoms with E-state index in [1.54, 1.807) is 7.05 Å². The van der Waals surface area contributed by atoms with Crippen LogP contribution < -0.4 is 4.74 Å². The van der Waals surface area contributed by atoms with Crippen LogP contribution >= 0.6 is 0 Å². The van der Waals surface area contributed by atoms with Gasteiger partial charge in [-0.3, -0.25) is 9.59 Å². The third-order valence-electron chi connectivity index (χ3n) is 3.71. The molecule has 1 heterocycles. The minimum atomic E-state index is -0.858. The van der Waals surface area contributed by atoms with Gasteiger partial charge in [-0.2, -0.15) is 0 Å². The molecule has 1 aliphatic heterocycles. The van der Waals surface area contributed by atoms with Gasteiger partial charge in [0.15, 0.2) is 0 Å². The topological polar surface area (TPSA) is 66.8 Å². The standard InChI is InChI=1S/C15H19NO4/c1-3-20-11-6-4-10(5-7-11)14-12(15(18)19)8-9-13(17)16(14)2/h4-7,12,14H,3,8-9H2,1-2H3,(H,18,19). The molecule has 5 heteroatoms. The van der Waals surface area contributed by atoms with Gasteiger partial charge >= 0.3 is 5.97 Å². The maximum Gasteiger partial charge on any atom is 0.308 e. The van der Waals surface area contributed by atoms with E-state index in [1.165, 1.54) is 4.90 Å². The van der Waals surface area contributed by atoms with Crippen molar-refractivity contribution in [2.45, 2.75) is 25.8 Å². The molecule has 1 saturated heterocycles. The van der Waals surface area contributed by atoms with Crippen molar-refractivity contribution in [2.24, 2.45) is 5.92 Å². The Balaban J connectivity index is 2.29. The number of aliphatic carboxylic acids is 1. The lowest BCUT2D eigenvalue weighted by atomic mass is 9.84. The average Bonchev–Trinajstić information content (AvgIpc) is 2.43. The van der Waals surface area contributed by atoms with E-state index in [9.17, 15) is 14.7 Å². The second kappa shape index (κ2) is 5.94. The van der Waals surface area contributed by atoms with Gasteiger partial charge in [0.05, 0.1) is 18.6 Å². The average molecular weight is 277 g/mol. The van der Waals surface area contributed by atoms with Crippen LogP contribution in [0.1, 0.15) is 31.4 Å². The molecule has 1 N–H and O–H groups in total. The summed E-state index contributed by atoms with van der Waals surface area (Å²) in [6, 6.07) is 6.88. The maximum atomic E-state index is 11.8. The minimum Gasteiger partial charge on any atom is -0.494 e. The molecular formula is C15H19NO4. The SMILES string of the molecule is CCOc1ccc(C2C(C(=O)O)CCC(=O)N2C)cc1. The fraction of sp³-hybridized carbons (Fsp3) is 0.467. The number of carboxylic acid groups (broad SMARTS) is 1. The molecule has 2 unspecified atom stereocenters. The van der Waals surface area contributed by atoms with Crippen LogP contribution in [0.25, 0.3) is 0 Å². The Morgan fingerprint density at radius 3 is 2.60 bits per heavy atom. The zero-order valence-electron chi connectivity index (χ0n) is 11.7. The molecule has 0 saturated carbocycles. The van der Waals surface area contributed by atoms with Crippen LogP contribution in [0.4, 0.5) is 0 Å². The van der Waals surface area contributed by atoms with Gasteiger partial charge in [0, 0.05) is 13.5 Å². The van der Waals surface area contributed by atoms with E-state index in [4.69, 9.17) is 4.74 Å². The Bertz CT molecular complexity index is 497. The van der Waals surface area contributed by atoms with E-state index in [2.05, 4.69) is 0 Å². The minimum absolute atomic E-state index is 0.0126.